The lowest BCUT2D eigenvalue weighted by Gasteiger charge is -2.31. The van der Waals surface area contributed by atoms with E-state index in [2.05, 4.69) is 4.98 Å². The Balaban J connectivity index is 2.06. The summed E-state index contributed by atoms with van der Waals surface area (Å²) in [4.78, 5) is 3.78. The van der Waals surface area contributed by atoms with Crippen LogP contribution in [-0.4, -0.2) is 15.5 Å². The first-order valence-electron chi connectivity index (χ1n) is 5.97. The Labute approximate surface area is 112 Å². The molecule has 0 spiro atoms. The Morgan fingerprint density at radius 2 is 1.75 bits per heavy atom. The Hall–Kier alpha value is -2.11. The number of fused-ring (bicyclic) bond motifs is 1. The first kappa shape index (κ1) is 12.9. The molecule has 1 aromatic heterocycles. The average Bonchev–Trinajstić information content (AvgIpc) is 2.87. The quantitative estimate of drug-likeness (QED) is 0.768. The maximum absolute atomic E-state index is 13.6. The first-order chi connectivity index (χ1) is 9.42. The van der Waals surface area contributed by atoms with Gasteiger partial charge in [-0.25, -0.2) is 4.98 Å². The summed E-state index contributed by atoms with van der Waals surface area (Å²) in [5, 5.41) is 0. The zero-order valence-electron chi connectivity index (χ0n) is 10.2. The number of hydrogen-bond donors (Lipinski definition) is 0. The van der Waals surface area contributed by atoms with E-state index in [4.69, 9.17) is 0 Å². The van der Waals surface area contributed by atoms with E-state index in [0.29, 0.717) is 6.08 Å². The third-order valence-electron chi connectivity index (χ3n) is 3.22. The molecule has 0 bridgehead atoms. The van der Waals surface area contributed by atoms with Crippen LogP contribution in [0.15, 0.2) is 48.8 Å². The summed E-state index contributed by atoms with van der Waals surface area (Å²) in [7, 11) is 0. The van der Waals surface area contributed by atoms with E-state index in [1.165, 1.54) is 0 Å². The van der Waals surface area contributed by atoms with Crippen molar-refractivity contribution in [2.45, 2.75) is 18.4 Å². The van der Waals surface area contributed by atoms with Crippen molar-refractivity contribution in [1.82, 2.24) is 9.55 Å². The third kappa shape index (κ3) is 1.83. The molecule has 1 aromatic carbocycles. The Bertz CT molecular complexity index is 659. The molecular formula is C14H10F4N2. The fraction of sp³-hybridized carbons (Fsp3) is 0.214. The van der Waals surface area contributed by atoms with Crippen LogP contribution in [0.5, 0.6) is 0 Å². The molecule has 2 nitrogen and oxygen atoms in total. The number of hydrogen-bond acceptors (Lipinski definition) is 1. The van der Waals surface area contributed by atoms with Crippen molar-refractivity contribution < 1.29 is 17.6 Å². The summed E-state index contributed by atoms with van der Waals surface area (Å²) in [6.07, 6.45) is 2.43. The van der Waals surface area contributed by atoms with Gasteiger partial charge in [-0.05, 0) is 5.56 Å². The van der Waals surface area contributed by atoms with Crippen LogP contribution >= 0.6 is 0 Å². The Kier molecular flexibility index (Phi) is 2.70. The minimum Gasteiger partial charge on any atom is -0.266 e. The molecule has 3 rings (SSSR count). The molecule has 6 heteroatoms. The zero-order valence-corrected chi connectivity index (χ0v) is 10.2. The van der Waals surface area contributed by atoms with E-state index in [1.54, 1.807) is 30.3 Å². The summed E-state index contributed by atoms with van der Waals surface area (Å²) < 4.78 is 54.8. The molecule has 0 saturated carbocycles. The van der Waals surface area contributed by atoms with Crippen LogP contribution < -0.4 is 0 Å². The monoisotopic (exact) mass is 282 g/mol. The Morgan fingerprint density at radius 3 is 2.45 bits per heavy atom. The first-order valence-corrected chi connectivity index (χ1v) is 5.97. The molecule has 0 fully saturated rings. The zero-order chi connectivity index (χ0) is 14.4. The highest BCUT2D eigenvalue weighted by molar-refractivity contribution is 5.66. The molecular weight excluding hydrogens is 272 g/mol. The topological polar surface area (TPSA) is 17.8 Å². The number of alkyl halides is 4. The van der Waals surface area contributed by atoms with Gasteiger partial charge in [0.1, 0.15) is 5.82 Å². The van der Waals surface area contributed by atoms with E-state index in [9.17, 15) is 17.6 Å². The number of rotatable bonds is 2. The Morgan fingerprint density at radius 1 is 1.05 bits per heavy atom. The van der Waals surface area contributed by atoms with Gasteiger partial charge in [0.25, 0.3) is 0 Å². The van der Waals surface area contributed by atoms with Gasteiger partial charge in [0, 0.05) is 30.5 Å². The number of aromatic nitrogens is 2. The second-order valence-electron chi connectivity index (χ2n) is 4.62. The molecule has 2 aromatic rings. The van der Waals surface area contributed by atoms with Gasteiger partial charge >= 0.3 is 12.0 Å². The van der Waals surface area contributed by atoms with E-state index in [0.717, 1.165) is 18.0 Å². The van der Waals surface area contributed by atoms with Crippen molar-refractivity contribution in [3.63, 3.8) is 0 Å². The highest BCUT2D eigenvalue weighted by Crippen LogP contribution is 2.46. The van der Waals surface area contributed by atoms with Crippen LogP contribution in [0, 0.1) is 0 Å². The molecule has 0 radical (unpaired) electrons. The van der Waals surface area contributed by atoms with E-state index in [1.807, 2.05) is 0 Å². The number of allylic oxidation sites excluding steroid dienone is 2. The van der Waals surface area contributed by atoms with E-state index in [-0.39, 0.29) is 22.4 Å². The maximum Gasteiger partial charge on any atom is 0.397 e. The molecule has 104 valence electrons. The van der Waals surface area contributed by atoms with Crippen LogP contribution in [0.1, 0.15) is 11.4 Å². The third-order valence-corrected chi connectivity index (χ3v) is 3.22. The predicted molar refractivity (Wildman–Crippen MR) is 65.5 cm³/mol. The van der Waals surface area contributed by atoms with Crippen LogP contribution in [-0.2, 0) is 12.5 Å². The minimum absolute atomic E-state index is 0.0946. The molecule has 0 amide bonds. The van der Waals surface area contributed by atoms with Crippen LogP contribution in [0.25, 0.3) is 5.57 Å². The van der Waals surface area contributed by atoms with Crippen molar-refractivity contribution in [2.24, 2.45) is 0 Å². The molecule has 20 heavy (non-hydrogen) atoms. The summed E-state index contributed by atoms with van der Waals surface area (Å²) in [5.41, 5.74) is 0.853. The number of nitrogens with zero attached hydrogens (tertiary/aromatic N) is 2. The van der Waals surface area contributed by atoms with Crippen molar-refractivity contribution in [1.29, 1.82) is 0 Å². The molecule has 0 saturated heterocycles. The second-order valence-corrected chi connectivity index (χ2v) is 4.62. The van der Waals surface area contributed by atoms with Gasteiger partial charge in [-0.1, -0.05) is 30.3 Å². The van der Waals surface area contributed by atoms with Gasteiger partial charge < -0.3 is 0 Å². The van der Waals surface area contributed by atoms with Gasteiger partial charge in [0.05, 0.1) is 0 Å². The summed E-state index contributed by atoms with van der Waals surface area (Å²) >= 11 is 0. The minimum atomic E-state index is -4.29. The molecule has 2 heterocycles. The van der Waals surface area contributed by atoms with Crippen molar-refractivity contribution >= 4 is 5.57 Å². The smallest absolute Gasteiger partial charge is 0.266 e. The van der Waals surface area contributed by atoms with Gasteiger partial charge in [-0.2, -0.15) is 17.6 Å². The number of imidazole rings is 1. The largest absolute Gasteiger partial charge is 0.397 e. The summed E-state index contributed by atoms with van der Waals surface area (Å²) in [5.74, 6) is -4.35. The number of halogens is 4. The van der Waals surface area contributed by atoms with Crippen molar-refractivity contribution in [3.05, 3.63) is 60.2 Å². The lowest BCUT2D eigenvalue weighted by Crippen LogP contribution is -2.45. The number of benzene rings is 1. The fourth-order valence-corrected chi connectivity index (χ4v) is 2.24. The maximum atomic E-state index is 13.6. The highest BCUT2D eigenvalue weighted by Gasteiger charge is 2.59. The molecule has 0 atom stereocenters. The lowest BCUT2D eigenvalue weighted by molar-refractivity contribution is -0.237. The van der Waals surface area contributed by atoms with Crippen molar-refractivity contribution in [3.8, 4) is 0 Å². The van der Waals surface area contributed by atoms with Gasteiger partial charge in [-0.15, -0.1) is 0 Å². The fourth-order valence-electron chi connectivity index (χ4n) is 2.24. The standard InChI is InChI=1S/C14H10F4N2/c15-13(16)9-11(8-10-4-2-1-3-5-10)12-19-6-7-20(12)14(13,17)18/h1-7,9H,8H2. The SMILES string of the molecule is FC1(F)C=C(Cc2ccccc2)c2nccn2C1(F)F. The van der Waals surface area contributed by atoms with Gasteiger partial charge in [0.15, 0.2) is 0 Å². The molecule has 0 aliphatic carbocycles. The lowest BCUT2D eigenvalue weighted by atomic mass is 9.99. The van der Waals surface area contributed by atoms with Gasteiger partial charge in [0.2, 0.25) is 0 Å². The van der Waals surface area contributed by atoms with Crippen LogP contribution in [0.3, 0.4) is 0 Å². The normalized spacial score (nSPS) is 19.3. The summed E-state index contributed by atoms with van der Waals surface area (Å²) in [6.45, 7) is 0. The second kappa shape index (κ2) is 4.19. The van der Waals surface area contributed by atoms with Gasteiger partial charge in [-0.3, -0.25) is 4.57 Å². The van der Waals surface area contributed by atoms with Crippen molar-refractivity contribution in [2.75, 3.05) is 0 Å². The predicted octanol–water partition coefficient (Wildman–Crippen LogP) is 3.71. The molecule has 1 aliphatic heterocycles. The van der Waals surface area contributed by atoms with Crippen LogP contribution in [0.2, 0.25) is 0 Å². The highest BCUT2D eigenvalue weighted by atomic mass is 19.3. The van der Waals surface area contributed by atoms with E-state index < -0.39 is 12.0 Å². The molecule has 0 unspecified atom stereocenters. The van der Waals surface area contributed by atoms with Crippen LogP contribution in [0.4, 0.5) is 17.6 Å². The molecule has 1 aliphatic rings. The average molecular weight is 282 g/mol. The summed E-state index contributed by atoms with van der Waals surface area (Å²) in [6, 6.07) is 4.52. The molecule has 0 N–H and O–H groups in total. The van der Waals surface area contributed by atoms with E-state index >= 15 is 0 Å².